The van der Waals surface area contributed by atoms with Gasteiger partial charge in [-0.15, -0.1) is 0 Å². The van der Waals surface area contributed by atoms with Gasteiger partial charge in [-0.25, -0.2) is 8.93 Å². The summed E-state index contributed by atoms with van der Waals surface area (Å²) in [6.45, 7) is 0. The topological polar surface area (TPSA) is 57.8 Å². The molecular weight excluding hydrogens is 186 g/mol. The van der Waals surface area contributed by atoms with E-state index in [0.717, 1.165) is 12.8 Å². The first-order chi connectivity index (χ1) is 6.33. The highest BCUT2D eigenvalue weighted by Crippen LogP contribution is 2.23. The van der Waals surface area contributed by atoms with Crippen LogP contribution in [0.4, 0.5) is 0 Å². The van der Waals surface area contributed by atoms with Crippen LogP contribution in [0.3, 0.4) is 0 Å². The van der Waals surface area contributed by atoms with Crippen molar-refractivity contribution in [3.05, 3.63) is 11.3 Å². The molecule has 1 aromatic rings. The summed E-state index contributed by atoms with van der Waals surface area (Å²) in [5.41, 5.74) is 2.34. The minimum absolute atomic E-state index is 0.692. The van der Waals surface area contributed by atoms with Gasteiger partial charge in [-0.1, -0.05) is 0 Å². The van der Waals surface area contributed by atoms with Gasteiger partial charge in [0.15, 0.2) is 5.03 Å². The molecular formula is C8H13N3OS. The van der Waals surface area contributed by atoms with E-state index < -0.39 is 11.0 Å². The van der Waals surface area contributed by atoms with Crippen LogP contribution in [0.2, 0.25) is 0 Å². The molecule has 0 spiro atoms. The molecule has 1 heterocycles. The Morgan fingerprint density at radius 2 is 2.23 bits per heavy atom. The van der Waals surface area contributed by atoms with Crippen molar-refractivity contribution in [3.63, 3.8) is 0 Å². The molecule has 1 aliphatic rings. The summed E-state index contributed by atoms with van der Waals surface area (Å²) in [7, 11) is 0.540. The first-order valence-corrected chi connectivity index (χ1v) is 5.63. The van der Waals surface area contributed by atoms with E-state index >= 15 is 0 Å². The smallest absolute Gasteiger partial charge is 0.167 e. The number of aromatic amines is 1. The second-order valence-corrected chi connectivity index (χ2v) is 4.50. The SMILES string of the molecule is CNS(=O)c1n[nH]c2c1CCCC2. The van der Waals surface area contributed by atoms with E-state index in [1.165, 1.54) is 24.1 Å². The molecule has 1 atom stereocenters. The van der Waals surface area contributed by atoms with E-state index in [1.54, 1.807) is 7.05 Å². The first-order valence-electron chi connectivity index (χ1n) is 4.48. The van der Waals surface area contributed by atoms with E-state index in [2.05, 4.69) is 14.9 Å². The van der Waals surface area contributed by atoms with Gasteiger partial charge in [-0.05, 0) is 32.7 Å². The predicted octanol–water partition coefficient (Wildman–Crippen LogP) is 0.530. The van der Waals surface area contributed by atoms with Crippen molar-refractivity contribution in [1.29, 1.82) is 0 Å². The summed E-state index contributed by atoms with van der Waals surface area (Å²) in [6.07, 6.45) is 4.44. The van der Waals surface area contributed by atoms with Crippen LogP contribution >= 0.6 is 0 Å². The van der Waals surface area contributed by atoms with Crippen molar-refractivity contribution in [3.8, 4) is 0 Å². The highest BCUT2D eigenvalue weighted by atomic mass is 32.2. The molecule has 2 N–H and O–H groups in total. The average molecular weight is 199 g/mol. The van der Waals surface area contributed by atoms with Crippen molar-refractivity contribution < 1.29 is 4.21 Å². The lowest BCUT2D eigenvalue weighted by Crippen LogP contribution is -2.13. The zero-order chi connectivity index (χ0) is 9.26. The number of rotatable bonds is 2. The second kappa shape index (κ2) is 3.59. The molecule has 0 aliphatic heterocycles. The summed E-state index contributed by atoms with van der Waals surface area (Å²) in [4.78, 5) is 0. The third-order valence-electron chi connectivity index (χ3n) is 2.38. The Labute approximate surface area is 79.7 Å². The average Bonchev–Trinajstić information content (AvgIpc) is 2.60. The molecule has 0 radical (unpaired) electrons. The number of H-pyrrole nitrogens is 1. The van der Waals surface area contributed by atoms with Crippen LogP contribution in [-0.2, 0) is 23.8 Å². The van der Waals surface area contributed by atoms with Crippen LogP contribution in [0.15, 0.2) is 5.03 Å². The zero-order valence-electron chi connectivity index (χ0n) is 7.59. The molecule has 0 saturated heterocycles. The van der Waals surface area contributed by atoms with Gasteiger partial charge < -0.3 is 0 Å². The minimum Gasteiger partial charge on any atom is -0.281 e. The maximum absolute atomic E-state index is 11.5. The lowest BCUT2D eigenvalue weighted by molar-refractivity contribution is 0.661. The number of aromatic nitrogens is 2. The van der Waals surface area contributed by atoms with Gasteiger partial charge in [0.1, 0.15) is 11.0 Å². The maximum Gasteiger partial charge on any atom is 0.167 e. The van der Waals surface area contributed by atoms with Crippen LogP contribution in [0.1, 0.15) is 24.1 Å². The summed E-state index contributed by atoms with van der Waals surface area (Å²) in [5.74, 6) is 0. The van der Waals surface area contributed by atoms with Crippen molar-refractivity contribution in [2.45, 2.75) is 30.7 Å². The van der Waals surface area contributed by atoms with Crippen LogP contribution in [0.5, 0.6) is 0 Å². The molecule has 72 valence electrons. The van der Waals surface area contributed by atoms with E-state index in [4.69, 9.17) is 0 Å². The van der Waals surface area contributed by atoms with Crippen molar-refractivity contribution >= 4 is 11.0 Å². The molecule has 2 rings (SSSR count). The van der Waals surface area contributed by atoms with Gasteiger partial charge in [-0.2, -0.15) is 5.10 Å². The Morgan fingerprint density at radius 3 is 3.00 bits per heavy atom. The van der Waals surface area contributed by atoms with E-state index in [1.807, 2.05) is 0 Å². The molecule has 0 saturated carbocycles. The quantitative estimate of drug-likeness (QED) is 0.730. The molecule has 1 unspecified atom stereocenters. The highest BCUT2D eigenvalue weighted by Gasteiger charge is 2.19. The third kappa shape index (κ3) is 1.53. The number of hydrogen-bond acceptors (Lipinski definition) is 2. The van der Waals surface area contributed by atoms with Gasteiger partial charge in [-0.3, -0.25) is 5.10 Å². The Balaban J connectivity index is 2.36. The number of aryl methyl sites for hydroxylation is 1. The van der Waals surface area contributed by atoms with Gasteiger partial charge in [0, 0.05) is 11.3 Å². The standard InChI is InChI=1S/C8H13N3OS/c1-9-13(12)8-6-4-2-3-5-7(6)10-11-8/h9H,2-5H2,1H3,(H,10,11). The largest absolute Gasteiger partial charge is 0.281 e. The van der Waals surface area contributed by atoms with Crippen LogP contribution < -0.4 is 4.72 Å². The summed E-state index contributed by atoms with van der Waals surface area (Å²) in [5, 5.41) is 7.73. The Bertz CT molecular complexity index is 334. The van der Waals surface area contributed by atoms with Gasteiger partial charge in [0.05, 0.1) is 0 Å². The lowest BCUT2D eigenvalue weighted by Gasteiger charge is -2.10. The maximum atomic E-state index is 11.5. The van der Waals surface area contributed by atoms with Crippen LogP contribution in [0.25, 0.3) is 0 Å². The summed E-state index contributed by atoms with van der Waals surface area (Å²) in [6, 6.07) is 0. The molecule has 0 fully saturated rings. The Morgan fingerprint density at radius 1 is 1.46 bits per heavy atom. The number of hydrogen-bond donors (Lipinski definition) is 2. The molecule has 0 bridgehead atoms. The van der Waals surface area contributed by atoms with E-state index in [0.29, 0.717) is 5.03 Å². The molecule has 1 aliphatic carbocycles. The van der Waals surface area contributed by atoms with Gasteiger partial charge in [0.2, 0.25) is 0 Å². The fraction of sp³-hybridized carbons (Fsp3) is 0.625. The fourth-order valence-corrected chi connectivity index (χ4v) is 2.47. The zero-order valence-corrected chi connectivity index (χ0v) is 8.41. The number of nitrogens with one attached hydrogen (secondary N) is 2. The molecule has 0 aromatic carbocycles. The van der Waals surface area contributed by atoms with E-state index in [9.17, 15) is 4.21 Å². The van der Waals surface area contributed by atoms with Crippen molar-refractivity contribution in [2.24, 2.45) is 0 Å². The third-order valence-corrected chi connectivity index (χ3v) is 3.44. The van der Waals surface area contributed by atoms with Crippen LogP contribution in [-0.4, -0.2) is 21.5 Å². The molecule has 13 heavy (non-hydrogen) atoms. The Hall–Kier alpha value is -0.680. The Kier molecular flexibility index (Phi) is 2.46. The molecule has 0 amide bonds. The summed E-state index contributed by atoms with van der Waals surface area (Å²) >= 11 is 0. The van der Waals surface area contributed by atoms with Crippen LogP contribution in [0, 0.1) is 0 Å². The predicted molar refractivity (Wildman–Crippen MR) is 50.7 cm³/mol. The van der Waals surface area contributed by atoms with E-state index in [-0.39, 0.29) is 0 Å². The number of nitrogens with zero attached hydrogens (tertiary/aromatic N) is 1. The fourth-order valence-electron chi connectivity index (χ4n) is 1.70. The van der Waals surface area contributed by atoms with Crippen molar-refractivity contribution in [2.75, 3.05) is 7.05 Å². The first kappa shape index (κ1) is 8.90. The minimum atomic E-state index is -1.14. The normalized spacial score (nSPS) is 18.2. The summed E-state index contributed by atoms with van der Waals surface area (Å²) < 4.78 is 14.2. The monoisotopic (exact) mass is 199 g/mol. The van der Waals surface area contributed by atoms with Gasteiger partial charge >= 0.3 is 0 Å². The lowest BCUT2D eigenvalue weighted by atomic mass is 9.99. The molecule has 4 nitrogen and oxygen atoms in total. The molecule has 5 heteroatoms. The van der Waals surface area contributed by atoms with Crippen molar-refractivity contribution in [1.82, 2.24) is 14.9 Å². The number of fused-ring (bicyclic) bond motifs is 1. The van der Waals surface area contributed by atoms with Gasteiger partial charge in [0.25, 0.3) is 0 Å². The molecule has 1 aromatic heterocycles. The highest BCUT2D eigenvalue weighted by molar-refractivity contribution is 7.83. The second-order valence-electron chi connectivity index (χ2n) is 3.17.